The number of carbonyl (C=O) groups is 1. The fourth-order valence-electron chi connectivity index (χ4n) is 1.43. The van der Waals surface area contributed by atoms with Gasteiger partial charge in [-0.2, -0.15) is 0 Å². The maximum Gasteiger partial charge on any atom is 0.546 e. The van der Waals surface area contributed by atoms with E-state index >= 15 is 0 Å². The topological polar surface area (TPSA) is 44.8 Å². The van der Waals surface area contributed by atoms with Crippen molar-refractivity contribution in [1.82, 2.24) is 0 Å². The van der Waals surface area contributed by atoms with Gasteiger partial charge in [-0.05, 0) is 39.3 Å². The number of hydrogen-bond acceptors (Lipinski definition) is 4. The Balaban J connectivity index is 5.07. The van der Waals surface area contributed by atoms with E-state index in [1.807, 2.05) is 6.92 Å². The summed E-state index contributed by atoms with van der Waals surface area (Å²) < 4.78 is 17.7. The second-order valence-electron chi connectivity index (χ2n) is 6.06. The maximum atomic E-state index is 11.3. The molecule has 0 amide bonds. The van der Waals surface area contributed by atoms with Crippen LogP contribution < -0.4 is 0 Å². The van der Waals surface area contributed by atoms with Gasteiger partial charge in [0, 0.05) is 13.0 Å². The van der Waals surface area contributed by atoms with Crippen LogP contribution in [0.5, 0.6) is 0 Å². The van der Waals surface area contributed by atoms with E-state index in [-0.39, 0.29) is 5.97 Å². The highest BCUT2D eigenvalue weighted by atomic mass is 28.5. The van der Waals surface area contributed by atoms with Gasteiger partial charge in [-0.15, -0.1) is 0 Å². The van der Waals surface area contributed by atoms with Gasteiger partial charge in [-0.3, -0.25) is 4.79 Å². The van der Waals surface area contributed by atoms with Crippen molar-refractivity contribution in [1.29, 1.82) is 0 Å². The van der Waals surface area contributed by atoms with Crippen LogP contribution >= 0.6 is 0 Å². The second-order valence-corrected chi connectivity index (χ2v) is 18.4. The van der Waals surface area contributed by atoms with Gasteiger partial charge in [-0.1, -0.05) is 6.92 Å². The Labute approximate surface area is 108 Å². The van der Waals surface area contributed by atoms with E-state index < -0.39 is 25.4 Å². The van der Waals surface area contributed by atoms with Crippen molar-refractivity contribution in [2.45, 2.75) is 59.2 Å². The van der Waals surface area contributed by atoms with E-state index in [9.17, 15) is 4.79 Å². The van der Waals surface area contributed by atoms with Crippen molar-refractivity contribution in [2.24, 2.45) is 0 Å². The predicted molar refractivity (Wildman–Crippen MR) is 76.9 cm³/mol. The highest BCUT2D eigenvalue weighted by Crippen LogP contribution is 2.25. The standard InChI is InChI=1S/C10H26O4Si3/c1-9-17(12-10(2)11,13-15(3,4)5)14-16(6,7)8/h9H2,1-8H3. The molecule has 0 N–H and O–H groups in total. The molecule has 0 saturated carbocycles. The molecule has 0 rings (SSSR count). The Morgan fingerprint density at radius 1 is 0.941 bits per heavy atom. The molecule has 0 fully saturated rings. The van der Waals surface area contributed by atoms with Crippen LogP contribution in [0.2, 0.25) is 45.3 Å². The Bertz CT molecular complexity index is 252. The fraction of sp³-hybridized carbons (Fsp3) is 0.900. The van der Waals surface area contributed by atoms with Gasteiger partial charge in [0.15, 0.2) is 16.6 Å². The van der Waals surface area contributed by atoms with E-state index in [1.54, 1.807) is 0 Å². The normalized spacial score (nSPS) is 13.6. The minimum atomic E-state index is -2.83. The molecule has 0 aliphatic rings. The van der Waals surface area contributed by atoms with E-state index in [1.165, 1.54) is 6.92 Å². The van der Waals surface area contributed by atoms with Gasteiger partial charge in [0.05, 0.1) is 0 Å². The summed E-state index contributed by atoms with van der Waals surface area (Å²) in [6.07, 6.45) is 0. The third-order valence-electron chi connectivity index (χ3n) is 1.66. The van der Waals surface area contributed by atoms with Crippen LogP contribution in [0.15, 0.2) is 0 Å². The highest BCUT2D eigenvalue weighted by Gasteiger charge is 2.48. The molecule has 0 aromatic carbocycles. The molecule has 0 aromatic rings. The zero-order chi connectivity index (χ0) is 13.9. The van der Waals surface area contributed by atoms with E-state index in [2.05, 4.69) is 39.3 Å². The molecule has 0 aromatic heterocycles. The summed E-state index contributed by atoms with van der Waals surface area (Å²) in [6, 6.07) is 0.640. The first kappa shape index (κ1) is 17.0. The molecule has 4 nitrogen and oxygen atoms in total. The van der Waals surface area contributed by atoms with Crippen molar-refractivity contribution in [3.63, 3.8) is 0 Å². The highest BCUT2D eigenvalue weighted by molar-refractivity contribution is 6.86. The SMILES string of the molecule is CC[Si](OC(C)=O)(O[Si](C)(C)C)O[Si](C)(C)C. The fourth-order valence-corrected chi connectivity index (χ4v) is 11.5. The van der Waals surface area contributed by atoms with Crippen molar-refractivity contribution in [3.8, 4) is 0 Å². The zero-order valence-electron chi connectivity index (χ0n) is 12.3. The van der Waals surface area contributed by atoms with E-state index in [0.717, 1.165) is 0 Å². The molecule has 102 valence electrons. The van der Waals surface area contributed by atoms with Crippen molar-refractivity contribution < 1.29 is 17.5 Å². The summed E-state index contributed by atoms with van der Waals surface area (Å²) in [7, 11) is -6.43. The Kier molecular flexibility index (Phi) is 5.80. The molecule has 0 heterocycles. The predicted octanol–water partition coefficient (Wildman–Crippen LogP) is 3.21. The van der Waals surface area contributed by atoms with Crippen molar-refractivity contribution in [2.75, 3.05) is 0 Å². The smallest absolute Gasteiger partial charge is 0.474 e. The summed E-state index contributed by atoms with van der Waals surface area (Å²) in [5.41, 5.74) is 0. The lowest BCUT2D eigenvalue weighted by atomic mass is 10.9. The molecule has 0 bridgehead atoms. The lowest BCUT2D eigenvalue weighted by molar-refractivity contribution is -0.135. The summed E-state index contributed by atoms with van der Waals surface area (Å²) in [4.78, 5) is 11.3. The zero-order valence-corrected chi connectivity index (χ0v) is 15.3. The van der Waals surface area contributed by atoms with Gasteiger partial charge in [0.1, 0.15) is 0 Å². The summed E-state index contributed by atoms with van der Waals surface area (Å²) in [5, 5.41) is 0. The maximum absolute atomic E-state index is 11.3. The first-order valence-corrected chi connectivity index (χ1v) is 14.7. The van der Waals surface area contributed by atoms with Crippen LogP contribution in [0.3, 0.4) is 0 Å². The lowest BCUT2D eigenvalue weighted by Crippen LogP contribution is -2.57. The number of carbonyl (C=O) groups excluding carboxylic acids is 1. The molecule has 0 saturated heterocycles. The molecular formula is C10H26O4Si3. The number of rotatable bonds is 6. The summed E-state index contributed by atoms with van der Waals surface area (Å²) >= 11 is 0. The minimum absolute atomic E-state index is 0.310. The first-order valence-electron chi connectivity index (χ1n) is 5.99. The van der Waals surface area contributed by atoms with E-state index in [0.29, 0.717) is 6.04 Å². The van der Waals surface area contributed by atoms with Crippen molar-refractivity contribution >= 4 is 31.4 Å². The Morgan fingerprint density at radius 3 is 1.47 bits per heavy atom. The van der Waals surface area contributed by atoms with Crippen LogP contribution in [0.25, 0.3) is 0 Å². The molecule has 0 unspecified atom stereocenters. The average Bonchev–Trinajstić information content (AvgIpc) is 1.95. The number of hydrogen-bond donors (Lipinski definition) is 0. The van der Waals surface area contributed by atoms with Gasteiger partial charge in [-0.25, -0.2) is 0 Å². The second kappa shape index (κ2) is 5.79. The van der Waals surface area contributed by atoms with Crippen LogP contribution in [0, 0.1) is 0 Å². The van der Waals surface area contributed by atoms with Gasteiger partial charge in [0.2, 0.25) is 0 Å². The van der Waals surface area contributed by atoms with Crippen molar-refractivity contribution in [3.05, 3.63) is 0 Å². The third kappa shape index (κ3) is 7.87. The molecule has 17 heavy (non-hydrogen) atoms. The van der Waals surface area contributed by atoms with E-state index in [4.69, 9.17) is 12.7 Å². The van der Waals surface area contributed by atoms with Gasteiger partial charge in [0.25, 0.3) is 5.97 Å². The lowest BCUT2D eigenvalue weighted by Gasteiger charge is -2.37. The third-order valence-corrected chi connectivity index (χ3v) is 10.5. The summed E-state index contributed by atoms with van der Waals surface area (Å²) in [5.74, 6) is -0.310. The molecule has 0 atom stereocenters. The molecule has 0 radical (unpaired) electrons. The Morgan fingerprint density at radius 2 is 1.29 bits per heavy atom. The van der Waals surface area contributed by atoms with Crippen LogP contribution in [-0.4, -0.2) is 31.4 Å². The van der Waals surface area contributed by atoms with Crippen LogP contribution in [0.1, 0.15) is 13.8 Å². The average molecular weight is 295 g/mol. The van der Waals surface area contributed by atoms with Gasteiger partial charge < -0.3 is 12.7 Å². The van der Waals surface area contributed by atoms with Crippen LogP contribution in [0.4, 0.5) is 0 Å². The Hall–Kier alpha value is 0.0406. The largest absolute Gasteiger partial charge is 0.546 e. The molecule has 0 spiro atoms. The molecule has 0 aliphatic heterocycles. The molecule has 0 aliphatic carbocycles. The molecule has 7 heteroatoms. The summed E-state index contributed by atoms with van der Waals surface area (Å²) in [6.45, 7) is 15.9. The minimum Gasteiger partial charge on any atom is -0.474 e. The van der Waals surface area contributed by atoms with Crippen LogP contribution in [-0.2, 0) is 17.5 Å². The quantitative estimate of drug-likeness (QED) is 0.706. The molecular weight excluding hydrogens is 268 g/mol. The monoisotopic (exact) mass is 294 g/mol. The van der Waals surface area contributed by atoms with Gasteiger partial charge >= 0.3 is 8.80 Å². The first-order chi connectivity index (χ1) is 7.39.